The lowest BCUT2D eigenvalue weighted by Gasteiger charge is -2.20. The van der Waals surface area contributed by atoms with Gasteiger partial charge in [0.2, 0.25) is 0 Å². The first kappa shape index (κ1) is 14.8. The molecule has 102 valence electrons. The quantitative estimate of drug-likeness (QED) is 0.697. The normalized spacial score (nSPS) is 12.2. The Morgan fingerprint density at radius 3 is 2.56 bits per heavy atom. The van der Waals surface area contributed by atoms with Crippen molar-refractivity contribution in [3.63, 3.8) is 0 Å². The standard InChI is InChI=1S/C14H23NO3/c1-15-12(8-4-5-10-16)11-7-6-9-13(17-2)14(11)18-3/h6-7,9,12,15-16H,4-5,8,10H2,1-3H3/t12-/m1/s1. The number of nitrogens with one attached hydrogen (secondary N) is 1. The fourth-order valence-electron chi connectivity index (χ4n) is 2.10. The Labute approximate surface area is 109 Å². The average Bonchev–Trinajstić information content (AvgIpc) is 2.42. The first-order valence-electron chi connectivity index (χ1n) is 6.27. The lowest BCUT2D eigenvalue weighted by atomic mass is 10.00. The van der Waals surface area contributed by atoms with Crippen LogP contribution in [0.2, 0.25) is 0 Å². The number of aliphatic hydroxyl groups excluding tert-OH is 1. The van der Waals surface area contributed by atoms with Gasteiger partial charge in [0.15, 0.2) is 11.5 Å². The molecule has 0 bridgehead atoms. The van der Waals surface area contributed by atoms with Crippen LogP contribution in [0.3, 0.4) is 0 Å². The minimum absolute atomic E-state index is 0.210. The van der Waals surface area contributed by atoms with Crippen LogP contribution in [0.1, 0.15) is 30.9 Å². The second-order valence-electron chi connectivity index (χ2n) is 4.14. The maximum Gasteiger partial charge on any atom is 0.165 e. The van der Waals surface area contributed by atoms with Crippen LogP contribution >= 0.6 is 0 Å². The van der Waals surface area contributed by atoms with Crippen molar-refractivity contribution in [2.45, 2.75) is 25.3 Å². The topological polar surface area (TPSA) is 50.7 Å². The van der Waals surface area contributed by atoms with Gasteiger partial charge in [0.25, 0.3) is 0 Å². The Hall–Kier alpha value is -1.26. The summed E-state index contributed by atoms with van der Waals surface area (Å²) in [6.07, 6.45) is 2.76. The molecular formula is C14H23NO3. The Balaban J connectivity index is 2.90. The van der Waals surface area contributed by atoms with Crippen molar-refractivity contribution in [3.05, 3.63) is 23.8 Å². The molecule has 1 rings (SSSR count). The predicted molar refractivity (Wildman–Crippen MR) is 72.3 cm³/mol. The SMILES string of the molecule is CN[C@H](CCCCO)c1cccc(OC)c1OC. The number of para-hydroxylation sites is 1. The molecule has 0 amide bonds. The number of hydrogen-bond donors (Lipinski definition) is 2. The first-order chi connectivity index (χ1) is 8.78. The zero-order valence-electron chi connectivity index (χ0n) is 11.4. The van der Waals surface area contributed by atoms with Crippen LogP contribution in [0.15, 0.2) is 18.2 Å². The van der Waals surface area contributed by atoms with Gasteiger partial charge in [-0.25, -0.2) is 0 Å². The van der Waals surface area contributed by atoms with E-state index in [1.54, 1.807) is 14.2 Å². The van der Waals surface area contributed by atoms with Crippen molar-refractivity contribution in [1.29, 1.82) is 0 Å². The molecule has 2 N–H and O–H groups in total. The summed E-state index contributed by atoms with van der Waals surface area (Å²) in [6.45, 7) is 0.242. The number of hydrogen-bond acceptors (Lipinski definition) is 4. The predicted octanol–water partition coefficient (Wildman–Crippen LogP) is 2.13. The maximum atomic E-state index is 8.84. The second-order valence-corrected chi connectivity index (χ2v) is 4.14. The third kappa shape index (κ3) is 3.62. The van der Waals surface area contributed by atoms with Gasteiger partial charge in [0.1, 0.15) is 0 Å². The van der Waals surface area contributed by atoms with Gasteiger partial charge in [-0.05, 0) is 32.4 Å². The van der Waals surface area contributed by atoms with E-state index in [0.29, 0.717) is 0 Å². The lowest BCUT2D eigenvalue weighted by Crippen LogP contribution is -2.17. The van der Waals surface area contributed by atoms with Crippen LogP contribution in [0.4, 0.5) is 0 Å². The van der Waals surface area contributed by atoms with E-state index in [1.807, 2.05) is 25.2 Å². The van der Waals surface area contributed by atoms with Crippen LogP contribution in [0.5, 0.6) is 11.5 Å². The van der Waals surface area contributed by atoms with Gasteiger partial charge in [-0.2, -0.15) is 0 Å². The first-order valence-corrected chi connectivity index (χ1v) is 6.27. The highest BCUT2D eigenvalue weighted by Crippen LogP contribution is 2.36. The second kappa shape index (κ2) is 7.95. The molecule has 1 aromatic carbocycles. The molecule has 0 heterocycles. The summed E-state index contributed by atoms with van der Waals surface area (Å²) >= 11 is 0. The molecular weight excluding hydrogens is 230 g/mol. The Bertz CT molecular complexity index is 355. The van der Waals surface area contributed by atoms with Crippen LogP contribution in [0.25, 0.3) is 0 Å². The average molecular weight is 253 g/mol. The minimum Gasteiger partial charge on any atom is -0.493 e. The van der Waals surface area contributed by atoms with Gasteiger partial charge in [-0.15, -0.1) is 0 Å². The summed E-state index contributed by atoms with van der Waals surface area (Å²) in [4.78, 5) is 0. The number of aliphatic hydroxyl groups is 1. The molecule has 1 aromatic rings. The summed E-state index contributed by atoms with van der Waals surface area (Å²) < 4.78 is 10.7. The van der Waals surface area contributed by atoms with Gasteiger partial charge in [-0.3, -0.25) is 0 Å². The summed E-state index contributed by atoms with van der Waals surface area (Å²) in [5.41, 5.74) is 1.09. The molecule has 0 aliphatic rings. The zero-order valence-corrected chi connectivity index (χ0v) is 11.4. The highest BCUT2D eigenvalue weighted by atomic mass is 16.5. The number of ether oxygens (including phenoxy) is 2. The van der Waals surface area contributed by atoms with E-state index in [-0.39, 0.29) is 12.6 Å². The van der Waals surface area contributed by atoms with Crippen molar-refractivity contribution >= 4 is 0 Å². The molecule has 4 heteroatoms. The molecule has 0 spiro atoms. The van der Waals surface area contributed by atoms with Crippen molar-refractivity contribution in [3.8, 4) is 11.5 Å². The molecule has 0 saturated heterocycles. The number of rotatable bonds is 8. The fraction of sp³-hybridized carbons (Fsp3) is 0.571. The van der Waals surface area contributed by atoms with Gasteiger partial charge in [0, 0.05) is 18.2 Å². The molecule has 0 aliphatic heterocycles. The van der Waals surface area contributed by atoms with Gasteiger partial charge in [-0.1, -0.05) is 12.1 Å². The highest BCUT2D eigenvalue weighted by Gasteiger charge is 2.17. The van der Waals surface area contributed by atoms with Crippen LogP contribution in [-0.4, -0.2) is 33.0 Å². The molecule has 1 atom stereocenters. The Morgan fingerprint density at radius 2 is 2.00 bits per heavy atom. The largest absolute Gasteiger partial charge is 0.493 e. The van der Waals surface area contributed by atoms with Crippen molar-refractivity contribution < 1.29 is 14.6 Å². The van der Waals surface area contributed by atoms with E-state index >= 15 is 0 Å². The Morgan fingerprint density at radius 1 is 1.22 bits per heavy atom. The third-order valence-corrected chi connectivity index (χ3v) is 3.06. The van der Waals surface area contributed by atoms with E-state index in [9.17, 15) is 0 Å². The molecule has 0 radical (unpaired) electrons. The van der Waals surface area contributed by atoms with Gasteiger partial charge in [0.05, 0.1) is 14.2 Å². The molecule has 0 saturated carbocycles. The van der Waals surface area contributed by atoms with Crippen LogP contribution in [-0.2, 0) is 0 Å². The summed E-state index contributed by atoms with van der Waals surface area (Å²) in [5.74, 6) is 1.53. The Kier molecular flexibility index (Phi) is 6.54. The monoisotopic (exact) mass is 253 g/mol. The molecule has 0 fully saturated rings. The van der Waals surface area contributed by atoms with Crippen molar-refractivity contribution in [1.82, 2.24) is 5.32 Å². The van der Waals surface area contributed by atoms with Crippen molar-refractivity contribution in [2.24, 2.45) is 0 Å². The summed E-state index contributed by atoms with van der Waals surface area (Å²) in [5, 5.41) is 12.1. The number of benzene rings is 1. The molecule has 4 nitrogen and oxygen atoms in total. The number of methoxy groups -OCH3 is 2. The summed E-state index contributed by atoms with van der Waals surface area (Å²) in [7, 11) is 5.23. The molecule has 0 unspecified atom stereocenters. The van der Waals surface area contributed by atoms with E-state index < -0.39 is 0 Å². The van der Waals surface area contributed by atoms with Crippen LogP contribution in [0, 0.1) is 0 Å². The third-order valence-electron chi connectivity index (χ3n) is 3.06. The molecule has 0 aliphatic carbocycles. The highest BCUT2D eigenvalue weighted by molar-refractivity contribution is 5.48. The van der Waals surface area contributed by atoms with E-state index in [2.05, 4.69) is 5.32 Å². The zero-order chi connectivity index (χ0) is 13.4. The molecule has 18 heavy (non-hydrogen) atoms. The fourth-order valence-corrected chi connectivity index (χ4v) is 2.10. The van der Waals surface area contributed by atoms with Gasteiger partial charge >= 0.3 is 0 Å². The van der Waals surface area contributed by atoms with Crippen molar-refractivity contribution in [2.75, 3.05) is 27.9 Å². The van der Waals surface area contributed by atoms with Gasteiger partial charge < -0.3 is 19.9 Å². The van der Waals surface area contributed by atoms with Crippen LogP contribution < -0.4 is 14.8 Å². The van der Waals surface area contributed by atoms with E-state index in [1.165, 1.54) is 0 Å². The minimum atomic E-state index is 0.210. The lowest BCUT2D eigenvalue weighted by molar-refractivity contribution is 0.279. The van der Waals surface area contributed by atoms with E-state index in [4.69, 9.17) is 14.6 Å². The molecule has 0 aromatic heterocycles. The summed E-state index contributed by atoms with van der Waals surface area (Å²) in [6, 6.07) is 6.11. The smallest absolute Gasteiger partial charge is 0.165 e. The number of unbranched alkanes of at least 4 members (excludes halogenated alkanes) is 1. The van der Waals surface area contributed by atoms with E-state index in [0.717, 1.165) is 36.3 Å². The maximum absolute atomic E-state index is 8.84.